The summed E-state index contributed by atoms with van der Waals surface area (Å²) in [4.78, 5) is 8.42. The first-order valence-electron chi connectivity index (χ1n) is 7.71. The zero-order valence-electron chi connectivity index (χ0n) is 13.5. The van der Waals surface area contributed by atoms with Crippen LogP contribution in [0.15, 0.2) is 0 Å². The van der Waals surface area contributed by atoms with E-state index in [1.165, 1.54) is 4.88 Å². The fourth-order valence-electron chi connectivity index (χ4n) is 2.33. The molecule has 1 fully saturated rings. The Morgan fingerprint density at radius 2 is 2.33 bits per heavy atom. The number of rotatable bonds is 7. The Morgan fingerprint density at radius 1 is 1.52 bits per heavy atom. The fraction of sp³-hybridized carbons (Fsp3) is 0.800. The number of hydrogen-bond donors (Lipinski definition) is 1. The molecular formula is C15H27N3O2S. The van der Waals surface area contributed by atoms with Crippen LogP contribution in [0.4, 0.5) is 5.13 Å². The molecule has 5 nitrogen and oxygen atoms in total. The molecule has 1 aromatic rings. The summed E-state index contributed by atoms with van der Waals surface area (Å²) in [6.45, 7) is 10.6. The monoisotopic (exact) mass is 313 g/mol. The van der Waals surface area contributed by atoms with E-state index in [0.717, 1.165) is 43.5 Å². The summed E-state index contributed by atoms with van der Waals surface area (Å²) in [5, 5.41) is 4.57. The third-order valence-electron chi connectivity index (χ3n) is 3.58. The van der Waals surface area contributed by atoms with E-state index in [9.17, 15) is 0 Å². The van der Waals surface area contributed by atoms with Gasteiger partial charge in [0.05, 0.1) is 25.0 Å². The van der Waals surface area contributed by atoms with Crippen molar-refractivity contribution in [3.63, 3.8) is 0 Å². The Bertz CT molecular complexity index is 437. The van der Waals surface area contributed by atoms with E-state index in [1.54, 1.807) is 18.4 Å². The Morgan fingerprint density at radius 3 is 3.00 bits per heavy atom. The average molecular weight is 313 g/mol. The van der Waals surface area contributed by atoms with Gasteiger partial charge in [-0.25, -0.2) is 4.98 Å². The van der Waals surface area contributed by atoms with Crippen molar-refractivity contribution in [3.8, 4) is 0 Å². The van der Waals surface area contributed by atoms with Crippen LogP contribution < -0.4 is 10.2 Å². The Balaban J connectivity index is 2.10. The quantitative estimate of drug-likeness (QED) is 0.837. The molecule has 0 saturated carbocycles. The lowest BCUT2D eigenvalue weighted by Gasteiger charge is -2.32. The fourth-order valence-corrected chi connectivity index (χ4v) is 3.38. The lowest BCUT2D eigenvalue weighted by atomic mass is 10.2. The predicted octanol–water partition coefficient (Wildman–Crippen LogP) is 2.40. The minimum absolute atomic E-state index is 0.325. The van der Waals surface area contributed by atoms with Crippen LogP contribution >= 0.6 is 11.3 Å². The highest BCUT2D eigenvalue weighted by Crippen LogP contribution is 2.28. The van der Waals surface area contributed by atoms with Crippen LogP contribution in [0.3, 0.4) is 0 Å². The van der Waals surface area contributed by atoms with Crippen molar-refractivity contribution in [2.24, 2.45) is 0 Å². The third-order valence-corrected chi connectivity index (χ3v) is 4.74. The average Bonchev–Trinajstić information content (AvgIpc) is 2.89. The summed E-state index contributed by atoms with van der Waals surface area (Å²) >= 11 is 1.78. The maximum absolute atomic E-state index is 5.74. The van der Waals surface area contributed by atoms with Crippen molar-refractivity contribution >= 4 is 16.5 Å². The van der Waals surface area contributed by atoms with Crippen molar-refractivity contribution in [2.75, 3.05) is 31.7 Å². The van der Waals surface area contributed by atoms with Crippen LogP contribution in [0.2, 0.25) is 0 Å². The number of methoxy groups -OCH3 is 1. The molecular weight excluding hydrogens is 286 g/mol. The van der Waals surface area contributed by atoms with E-state index in [2.05, 4.69) is 31.0 Å². The SMILES string of the molecule is CCC1CN(c2nc(COC)c(CNC(C)C)s2)CCO1. The topological polar surface area (TPSA) is 46.6 Å². The van der Waals surface area contributed by atoms with Crippen molar-refractivity contribution in [1.29, 1.82) is 0 Å². The van der Waals surface area contributed by atoms with E-state index in [0.29, 0.717) is 18.8 Å². The Labute approximate surface area is 131 Å². The van der Waals surface area contributed by atoms with E-state index < -0.39 is 0 Å². The van der Waals surface area contributed by atoms with Gasteiger partial charge in [0.1, 0.15) is 0 Å². The van der Waals surface area contributed by atoms with Gasteiger partial charge < -0.3 is 19.7 Å². The molecule has 1 saturated heterocycles. The molecule has 6 heteroatoms. The van der Waals surface area contributed by atoms with Crippen molar-refractivity contribution in [1.82, 2.24) is 10.3 Å². The number of anilines is 1. The van der Waals surface area contributed by atoms with E-state index in [-0.39, 0.29) is 0 Å². The van der Waals surface area contributed by atoms with Gasteiger partial charge in [-0.05, 0) is 6.42 Å². The zero-order valence-corrected chi connectivity index (χ0v) is 14.3. The summed E-state index contributed by atoms with van der Waals surface area (Å²) in [5.41, 5.74) is 1.06. The van der Waals surface area contributed by atoms with Crippen molar-refractivity contribution in [2.45, 2.75) is 52.5 Å². The van der Waals surface area contributed by atoms with Crippen molar-refractivity contribution in [3.05, 3.63) is 10.6 Å². The smallest absolute Gasteiger partial charge is 0.186 e. The maximum atomic E-state index is 5.74. The molecule has 1 aromatic heterocycles. The minimum atomic E-state index is 0.325. The first-order chi connectivity index (χ1) is 10.1. The normalized spacial score (nSPS) is 19.5. The van der Waals surface area contributed by atoms with Gasteiger partial charge in [0.2, 0.25) is 0 Å². The second-order valence-electron chi connectivity index (χ2n) is 5.68. The minimum Gasteiger partial charge on any atom is -0.378 e. The molecule has 2 heterocycles. The number of morpholine rings is 1. The molecule has 1 unspecified atom stereocenters. The number of thiazole rings is 1. The molecule has 0 amide bonds. The van der Waals surface area contributed by atoms with Gasteiger partial charge in [-0.2, -0.15) is 0 Å². The molecule has 1 aliphatic rings. The molecule has 2 rings (SSSR count). The maximum Gasteiger partial charge on any atom is 0.186 e. The van der Waals surface area contributed by atoms with Gasteiger partial charge in [-0.3, -0.25) is 0 Å². The van der Waals surface area contributed by atoms with Gasteiger partial charge in [0, 0.05) is 37.7 Å². The molecule has 21 heavy (non-hydrogen) atoms. The first-order valence-corrected chi connectivity index (χ1v) is 8.53. The molecule has 0 aliphatic carbocycles. The lowest BCUT2D eigenvalue weighted by Crippen LogP contribution is -2.42. The van der Waals surface area contributed by atoms with Crippen LogP contribution in [-0.2, 0) is 22.6 Å². The van der Waals surface area contributed by atoms with Gasteiger partial charge >= 0.3 is 0 Å². The number of nitrogens with zero attached hydrogens (tertiary/aromatic N) is 2. The highest BCUT2D eigenvalue weighted by molar-refractivity contribution is 7.15. The number of hydrogen-bond acceptors (Lipinski definition) is 6. The van der Waals surface area contributed by atoms with Crippen LogP contribution in [-0.4, -0.2) is 43.9 Å². The van der Waals surface area contributed by atoms with Crippen molar-refractivity contribution < 1.29 is 9.47 Å². The first kappa shape index (κ1) is 16.7. The van der Waals surface area contributed by atoms with Gasteiger partial charge in [0.25, 0.3) is 0 Å². The second-order valence-corrected chi connectivity index (χ2v) is 6.74. The van der Waals surface area contributed by atoms with E-state index >= 15 is 0 Å². The van der Waals surface area contributed by atoms with E-state index in [4.69, 9.17) is 14.5 Å². The van der Waals surface area contributed by atoms with E-state index in [1.807, 2.05) is 0 Å². The molecule has 0 spiro atoms. The predicted molar refractivity (Wildman–Crippen MR) is 87.0 cm³/mol. The lowest BCUT2D eigenvalue weighted by molar-refractivity contribution is 0.0384. The summed E-state index contributed by atoms with van der Waals surface area (Å²) in [5.74, 6) is 0. The Kier molecular flexibility index (Phi) is 6.41. The zero-order chi connectivity index (χ0) is 15.2. The number of ether oxygens (including phenoxy) is 2. The van der Waals surface area contributed by atoms with Gasteiger partial charge in [-0.15, -0.1) is 11.3 Å². The van der Waals surface area contributed by atoms with Crippen LogP contribution in [0, 0.1) is 0 Å². The van der Waals surface area contributed by atoms with Crippen LogP contribution in [0.1, 0.15) is 37.8 Å². The molecule has 0 bridgehead atoms. The molecule has 0 radical (unpaired) electrons. The van der Waals surface area contributed by atoms with Crippen LogP contribution in [0.5, 0.6) is 0 Å². The van der Waals surface area contributed by atoms with Crippen LogP contribution in [0.25, 0.3) is 0 Å². The number of nitrogens with one attached hydrogen (secondary N) is 1. The second kappa shape index (κ2) is 8.08. The molecule has 1 atom stereocenters. The highest BCUT2D eigenvalue weighted by Gasteiger charge is 2.23. The summed E-state index contributed by atoms with van der Waals surface area (Å²) in [6.07, 6.45) is 1.37. The van der Waals surface area contributed by atoms with Gasteiger partial charge in [0.15, 0.2) is 5.13 Å². The largest absolute Gasteiger partial charge is 0.378 e. The highest BCUT2D eigenvalue weighted by atomic mass is 32.1. The molecule has 0 aromatic carbocycles. The Hall–Kier alpha value is -0.690. The number of aromatic nitrogens is 1. The third kappa shape index (κ3) is 4.64. The summed E-state index contributed by atoms with van der Waals surface area (Å²) < 4.78 is 11.0. The summed E-state index contributed by atoms with van der Waals surface area (Å²) in [7, 11) is 1.72. The molecule has 1 N–H and O–H groups in total. The summed E-state index contributed by atoms with van der Waals surface area (Å²) in [6, 6.07) is 0.471. The standard InChI is InChI=1S/C15H27N3O2S/c1-5-12-9-18(6-7-20-12)15-17-13(10-19-4)14(21-15)8-16-11(2)3/h11-12,16H,5-10H2,1-4H3. The van der Waals surface area contributed by atoms with Gasteiger partial charge in [-0.1, -0.05) is 20.8 Å². The molecule has 120 valence electrons. The molecule has 1 aliphatic heterocycles.